The second kappa shape index (κ2) is 4.87. The fourth-order valence-corrected chi connectivity index (χ4v) is 1.68. The van der Waals surface area contributed by atoms with E-state index in [1.165, 1.54) is 31.7 Å². The van der Waals surface area contributed by atoms with E-state index in [1.807, 2.05) is 0 Å². The van der Waals surface area contributed by atoms with Crippen LogP contribution in [0.5, 0.6) is 0 Å². The van der Waals surface area contributed by atoms with E-state index in [-0.39, 0.29) is 5.69 Å². The Labute approximate surface area is 93.3 Å². The summed E-state index contributed by atoms with van der Waals surface area (Å²) in [6, 6.07) is 0. The van der Waals surface area contributed by atoms with Gasteiger partial charge in [0.1, 0.15) is 12.4 Å². The van der Waals surface area contributed by atoms with Gasteiger partial charge in [-0.15, -0.1) is 0 Å². The second-order valence-corrected chi connectivity index (χ2v) is 4.03. The Bertz CT molecular complexity index is 362. The lowest BCUT2D eigenvalue weighted by Crippen LogP contribution is -2.16. The molecule has 1 saturated carbocycles. The number of nitrogens with zero attached hydrogens (tertiary/aromatic N) is 3. The fourth-order valence-electron chi connectivity index (χ4n) is 1.68. The summed E-state index contributed by atoms with van der Waals surface area (Å²) >= 11 is 0. The van der Waals surface area contributed by atoms with Crippen LogP contribution in [0.4, 0.5) is 11.6 Å². The van der Waals surface area contributed by atoms with Crippen LogP contribution >= 0.6 is 0 Å². The molecule has 0 bridgehead atoms. The third kappa shape index (κ3) is 2.65. The Hall–Kier alpha value is -1.72. The van der Waals surface area contributed by atoms with Crippen molar-refractivity contribution in [2.75, 3.05) is 11.9 Å². The quantitative estimate of drug-likeness (QED) is 0.608. The van der Waals surface area contributed by atoms with Gasteiger partial charge >= 0.3 is 5.69 Å². The zero-order valence-electron chi connectivity index (χ0n) is 8.93. The SMILES string of the molecule is O=[N+]([O-])c1cnc(NCCC2CCC2)nc1. The second-order valence-electron chi connectivity index (χ2n) is 4.03. The summed E-state index contributed by atoms with van der Waals surface area (Å²) < 4.78 is 0. The first-order chi connectivity index (χ1) is 7.75. The monoisotopic (exact) mass is 222 g/mol. The molecule has 0 amide bonds. The van der Waals surface area contributed by atoms with Crippen LogP contribution < -0.4 is 5.32 Å². The minimum absolute atomic E-state index is 0.0791. The molecule has 1 aliphatic rings. The Morgan fingerprint density at radius 3 is 2.62 bits per heavy atom. The Morgan fingerprint density at radius 1 is 1.44 bits per heavy atom. The Kier molecular flexibility index (Phi) is 3.28. The smallest absolute Gasteiger partial charge is 0.305 e. The van der Waals surface area contributed by atoms with Crippen molar-refractivity contribution in [1.82, 2.24) is 9.97 Å². The van der Waals surface area contributed by atoms with Gasteiger partial charge in [0.05, 0.1) is 4.92 Å². The maximum Gasteiger partial charge on any atom is 0.305 e. The first kappa shape index (κ1) is 10.8. The summed E-state index contributed by atoms with van der Waals surface area (Å²) in [6.45, 7) is 0.836. The molecule has 1 aliphatic carbocycles. The largest absolute Gasteiger partial charge is 0.354 e. The summed E-state index contributed by atoms with van der Waals surface area (Å²) in [7, 11) is 0. The molecule has 0 atom stereocenters. The van der Waals surface area contributed by atoms with E-state index in [1.54, 1.807) is 0 Å². The maximum absolute atomic E-state index is 10.4. The first-order valence-corrected chi connectivity index (χ1v) is 5.46. The Morgan fingerprint density at radius 2 is 2.12 bits per heavy atom. The molecule has 0 unspecified atom stereocenters. The summed E-state index contributed by atoms with van der Waals surface area (Å²) in [5, 5.41) is 13.4. The van der Waals surface area contributed by atoms with E-state index >= 15 is 0 Å². The average Bonchev–Trinajstić information content (AvgIpc) is 2.22. The van der Waals surface area contributed by atoms with Crippen LogP contribution in [0.3, 0.4) is 0 Å². The van der Waals surface area contributed by atoms with Gasteiger partial charge < -0.3 is 5.32 Å². The molecule has 6 heteroatoms. The molecule has 1 aromatic heterocycles. The lowest BCUT2D eigenvalue weighted by atomic mass is 9.83. The minimum atomic E-state index is -0.502. The van der Waals surface area contributed by atoms with Crippen molar-refractivity contribution in [2.45, 2.75) is 25.7 Å². The van der Waals surface area contributed by atoms with Crippen LogP contribution in [-0.2, 0) is 0 Å². The van der Waals surface area contributed by atoms with Gasteiger partial charge in [-0.25, -0.2) is 9.97 Å². The van der Waals surface area contributed by atoms with Crippen LogP contribution in [-0.4, -0.2) is 21.4 Å². The minimum Gasteiger partial charge on any atom is -0.354 e. The number of nitro groups is 1. The van der Waals surface area contributed by atoms with Crippen molar-refractivity contribution in [2.24, 2.45) is 5.92 Å². The number of rotatable bonds is 5. The number of aromatic nitrogens is 2. The number of hydrogen-bond acceptors (Lipinski definition) is 5. The van der Waals surface area contributed by atoms with Gasteiger partial charge in [0, 0.05) is 6.54 Å². The highest BCUT2D eigenvalue weighted by Gasteiger charge is 2.16. The topological polar surface area (TPSA) is 81.0 Å². The van der Waals surface area contributed by atoms with Gasteiger partial charge in [-0.05, 0) is 12.3 Å². The summed E-state index contributed by atoms with van der Waals surface area (Å²) in [6.07, 6.45) is 7.56. The summed E-state index contributed by atoms with van der Waals surface area (Å²) in [5.41, 5.74) is -0.0791. The van der Waals surface area contributed by atoms with E-state index in [0.29, 0.717) is 5.95 Å². The molecule has 1 heterocycles. The van der Waals surface area contributed by atoms with Crippen LogP contribution in [0.25, 0.3) is 0 Å². The number of nitrogens with one attached hydrogen (secondary N) is 1. The van der Waals surface area contributed by atoms with E-state index in [4.69, 9.17) is 0 Å². The highest BCUT2D eigenvalue weighted by atomic mass is 16.6. The van der Waals surface area contributed by atoms with E-state index in [0.717, 1.165) is 18.9 Å². The van der Waals surface area contributed by atoms with Crippen molar-refractivity contribution in [3.8, 4) is 0 Å². The highest BCUT2D eigenvalue weighted by Crippen LogP contribution is 2.28. The van der Waals surface area contributed by atoms with E-state index in [9.17, 15) is 10.1 Å². The molecule has 0 aromatic carbocycles. The molecule has 16 heavy (non-hydrogen) atoms. The van der Waals surface area contributed by atoms with Gasteiger partial charge in [-0.3, -0.25) is 10.1 Å². The zero-order chi connectivity index (χ0) is 11.4. The normalized spacial score (nSPS) is 15.5. The van der Waals surface area contributed by atoms with Crippen LogP contribution in [0.2, 0.25) is 0 Å². The molecule has 6 nitrogen and oxygen atoms in total. The van der Waals surface area contributed by atoms with Crippen LogP contribution in [0.1, 0.15) is 25.7 Å². The molecule has 0 aliphatic heterocycles. The van der Waals surface area contributed by atoms with Crippen LogP contribution in [0, 0.1) is 16.0 Å². The molecule has 2 rings (SSSR count). The number of hydrogen-bond donors (Lipinski definition) is 1. The van der Waals surface area contributed by atoms with Crippen molar-refractivity contribution in [3.63, 3.8) is 0 Å². The van der Waals surface area contributed by atoms with Gasteiger partial charge in [0.25, 0.3) is 0 Å². The molecule has 86 valence electrons. The predicted molar refractivity (Wildman–Crippen MR) is 59.1 cm³/mol. The summed E-state index contributed by atoms with van der Waals surface area (Å²) in [5.74, 6) is 1.30. The summed E-state index contributed by atoms with van der Waals surface area (Å²) in [4.78, 5) is 17.6. The Balaban J connectivity index is 1.78. The molecule has 0 spiro atoms. The first-order valence-electron chi connectivity index (χ1n) is 5.46. The van der Waals surface area contributed by atoms with Crippen molar-refractivity contribution in [1.29, 1.82) is 0 Å². The molecular weight excluding hydrogens is 208 g/mol. The van der Waals surface area contributed by atoms with Crippen LogP contribution in [0.15, 0.2) is 12.4 Å². The molecule has 0 saturated heterocycles. The standard InChI is InChI=1S/C10H14N4O2/c15-14(16)9-6-12-10(13-7-9)11-5-4-8-2-1-3-8/h6-8H,1-5H2,(H,11,12,13). The molecular formula is C10H14N4O2. The lowest BCUT2D eigenvalue weighted by molar-refractivity contribution is -0.385. The van der Waals surface area contributed by atoms with Gasteiger partial charge in [-0.1, -0.05) is 19.3 Å². The molecule has 1 N–H and O–H groups in total. The zero-order valence-corrected chi connectivity index (χ0v) is 8.93. The van der Waals surface area contributed by atoms with Gasteiger partial charge in [0.2, 0.25) is 5.95 Å². The fraction of sp³-hybridized carbons (Fsp3) is 0.600. The van der Waals surface area contributed by atoms with Crippen molar-refractivity contribution < 1.29 is 4.92 Å². The molecule has 0 radical (unpaired) electrons. The lowest BCUT2D eigenvalue weighted by Gasteiger charge is -2.25. The third-order valence-corrected chi connectivity index (χ3v) is 2.91. The number of anilines is 1. The van der Waals surface area contributed by atoms with Gasteiger partial charge in [-0.2, -0.15) is 0 Å². The predicted octanol–water partition coefficient (Wildman–Crippen LogP) is 1.99. The molecule has 1 fully saturated rings. The highest BCUT2D eigenvalue weighted by molar-refractivity contribution is 5.30. The molecule has 1 aromatic rings. The van der Waals surface area contributed by atoms with E-state index in [2.05, 4.69) is 15.3 Å². The van der Waals surface area contributed by atoms with Crippen molar-refractivity contribution in [3.05, 3.63) is 22.5 Å². The maximum atomic E-state index is 10.4. The third-order valence-electron chi connectivity index (χ3n) is 2.91. The van der Waals surface area contributed by atoms with Gasteiger partial charge in [0.15, 0.2) is 0 Å². The van der Waals surface area contributed by atoms with E-state index < -0.39 is 4.92 Å². The average molecular weight is 222 g/mol. The van der Waals surface area contributed by atoms with Crippen molar-refractivity contribution >= 4 is 11.6 Å².